The van der Waals surface area contributed by atoms with Gasteiger partial charge in [0.2, 0.25) is 0 Å². The maximum Gasteiger partial charge on any atom is 0.252 e. The molecule has 1 aromatic carbocycles. The standard InChI is InChI=1S/C14H18Br2N2O2/c1-2-18-5-6-20-11(9-18)8-17-14(19)12-7-10(15)3-4-13(12)16/h3-4,7,11H,2,5-6,8-9H2,1H3,(H,17,19). The monoisotopic (exact) mass is 404 g/mol. The Bertz CT molecular complexity index is 482. The van der Waals surface area contributed by atoms with E-state index in [9.17, 15) is 4.79 Å². The number of halogens is 2. The summed E-state index contributed by atoms with van der Waals surface area (Å²) in [5.41, 5.74) is 0.627. The second kappa shape index (κ2) is 7.54. The van der Waals surface area contributed by atoms with Crippen LogP contribution in [0.5, 0.6) is 0 Å². The highest BCUT2D eigenvalue weighted by molar-refractivity contribution is 9.11. The third-order valence-corrected chi connectivity index (χ3v) is 4.52. The largest absolute Gasteiger partial charge is 0.374 e. The van der Waals surface area contributed by atoms with Crippen LogP contribution in [-0.4, -0.2) is 49.7 Å². The molecule has 4 nitrogen and oxygen atoms in total. The third-order valence-electron chi connectivity index (χ3n) is 3.33. The van der Waals surface area contributed by atoms with E-state index in [2.05, 4.69) is 49.0 Å². The molecule has 6 heteroatoms. The lowest BCUT2D eigenvalue weighted by Crippen LogP contribution is -2.47. The lowest BCUT2D eigenvalue weighted by molar-refractivity contribution is -0.0246. The molecule has 1 aliphatic heterocycles. The van der Waals surface area contributed by atoms with E-state index in [1.807, 2.05) is 12.1 Å². The van der Waals surface area contributed by atoms with Crippen LogP contribution in [0.15, 0.2) is 27.1 Å². The van der Waals surface area contributed by atoms with Crippen molar-refractivity contribution in [2.45, 2.75) is 13.0 Å². The number of nitrogens with one attached hydrogen (secondary N) is 1. The molecule has 1 aliphatic rings. The fraction of sp³-hybridized carbons (Fsp3) is 0.500. The molecular weight excluding hydrogens is 388 g/mol. The summed E-state index contributed by atoms with van der Waals surface area (Å²) >= 11 is 6.77. The first-order chi connectivity index (χ1) is 9.60. The number of carbonyl (C=O) groups excluding carboxylic acids is 1. The first-order valence-electron chi connectivity index (χ1n) is 6.67. The second-order valence-electron chi connectivity index (χ2n) is 4.72. The smallest absolute Gasteiger partial charge is 0.252 e. The van der Waals surface area contributed by atoms with Gasteiger partial charge in [0.05, 0.1) is 18.3 Å². The molecule has 0 aromatic heterocycles. The third kappa shape index (κ3) is 4.28. The summed E-state index contributed by atoms with van der Waals surface area (Å²) in [5.74, 6) is -0.0876. The number of rotatable bonds is 4. The molecule has 1 fully saturated rings. The molecule has 0 saturated carbocycles. The Kier molecular flexibility index (Phi) is 6.01. The Balaban J connectivity index is 1.90. The average Bonchev–Trinajstić information content (AvgIpc) is 2.47. The van der Waals surface area contributed by atoms with Gasteiger partial charge in [-0.25, -0.2) is 0 Å². The van der Waals surface area contributed by atoms with E-state index in [0.717, 1.165) is 35.2 Å². The van der Waals surface area contributed by atoms with Crippen LogP contribution in [0.4, 0.5) is 0 Å². The summed E-state index contributed by atoms with van der Waals surface area (Å²) in [6, 6.07) is 5.55. The van der Waals surface area contributed by atoms with Crippen molar-refractivity contribution in [3.8, 4) is 0 Å². The van der Waals surface area contributed by atoms with Crippen LogP contribution in [0.3, 0.4) is 0 Å². The number of nitrogens with zero attached hydrogens (tertiary/aromatic N) is 1. The lowest BCUT2D eigenvalue weighted by atomic mass is 10.2. The van der Waals surface area contributed by atoms with Crippen molar-refractivity contribution < 1.29 is 9.53 Å². The summed E-state index contributed by atoms with van der Waals surface area (Å²) in [7, 11) is 0. The maximum atomic E-state index is 12.2. The van der Waals surface area contributed by atoms with Crippen LogP contribution in [0.1, 0.15) is 17.3 Å². The van der Waals surface area contributed by atoms with E-state index in [1.165, 1.54) is 0 Å². The van der Waals surface area contributed by atoms with Gasteiger partial charge in [0.1, 0.15) is 0 Å². The number of hydrogen-bond donors (Lipinski definition) is 1. The summed E-state index contributed by atoms with van der Waals surface area (Å²) in [6.07, 6.45) is 0.0681. The Morgan fingerprint density at radius 3 is 3.05 bits per heavy atom. The van der Waals surface area contributed by atoms with E-state index in [0.29, 0.717) is 12.1 Å². The summed E-state index contributed by atoms with van der Waals surface area (Å²) in [6.45, 7) is 6.27. The van der Waals surface area contributed by atoms with Gasteiger partial charge in [-0.2, -0.15) is 0 Å². The number of amides is 1. The van der Waals surface area contributed by atoms with Gasteiger partial charge in [-0.1, -0.05) is 22.9 Å². The number of benzene rings is 1. The van der Waals surface area contributed by atoms with Crippen molar-refractivity contribution >= 4 is 37.8 Å². The first-order valence-corrected chi connectivity index (χ1v) is 8.26. The molecule has 20 heavy (non-hydrogen) atoms. The first kappa shape index (κ1) is 15.9. The van der Waals surface area contributed by atoms with Crippen LogP contribution < -0.4 is 5.32 Å². The van der Waals surface area contributed by atoms with Crippen LogP contribution in [0.2, 0.25) is 0 Å². The van der Waals surface area contributed by atoms with E-state index in [1.54, 1.807) is 6.07 Å². The van der Waals surface area contributed by atoms with Gasteiger partial charge in [0.15, 0.2) is 0 Å². The molecule has 0 bridgehead atoms. The van der Waals surface area contributed by atoms with Crippen molar-refractivity contribution in [2.75, 3.05) is 32.8 Å². The molecule has 1 aromatic rings. The molecule has 0 spiro atoms. The average molecular weight is 406 g/mol. The number of carbonyl (C=O) groups is 1. The molecule has 1 heterocycles. The topological polar surface area (TPSA) is 41.6 Å². The van der Waals surface area contributed by atoms with Crippen molar-refractivity contribution in [1.29, 1.82) is 0 Å². The van der Waals surface area contributed by atoms with E-state index in [4.69, 9.17) is 4.74 Å². The molecule has 0 radical (unpaired) electrons. The minimum absolute atomic E-state index is 0.0681. The van der Waals surface area contributed by atoms with Gasteiger partial charge < -0.3 is 10.1 Å². The summed E-state index contributed by atoms with van der Waals surface area (Å²) in [4.78, 5) is 14.5. The van der Waals surface area contributed by atoms with Crippen LogP contribution >= 0.6 is 31.9 Å². The zero-order valence-corrected chi connectivity index (χ0v) is 14.5. The Hall–Kier alpha value is -0.430. The number of hydrogen-bond acceptors (Lipinski definition) is 3. The molecule has 1 saturated heterocycles. The van der Waals surface area contributed by atoms with Crippen molar-refractivity contribution in [3.63, 3.8) is 0 Å². The molecule has 1 atom stereocenters. The Morgan fingerprint density at radius 1 is 1.50 bits per heavy atom. The zero-order valence-electron chi connectivity index (χ0n) is 11.4. The zero-order chi connectivity index (χ0) is 14.5. The summed E-state index contributed by atoms with van der Waals surface area (Å²) in [5, 5.41) is 2.94. The van der Waals surface area contributed by atoms with E-state index >= 15 is 0 Å². The molecule has 0 aliphatic carbocycles. The Labute approximate surface area is 136 Å². The van der Waals surface area contributed by atoms with Crippen LogP contribution in [0.25, 0.3) is 0 Å². The van der Waals surface area contributed by atoms with E-state index in [-0.39, 0.29) is 12.0 Å². The Morgan fingerprint density at radius 2 is 2.30 bits per heavy atom. The number of likely N-dealkylation sites (N-methyl/N-ethyl adjacent to an activating group) is 1. The highest BCUT2D eigenvalue weighted by Crippen LogP contribution is 2.21. The lowest BCUT2D eigenvalue weighted by Gasteiger charge is -2.32. The van der Waals surface area contributed by atoms with Gasteiger partial charge in [0.25, 0.3) is 5.91 Å². The minimum Gasteiger partial charge on any atom is -0.374 e. The predicted molar refractivity (Wildman–Crippen MR) is 86.0 cm³/mol. The van der Waals surface area contributed by atoms with Gasteiger partial charge in [-0.05, 0) is 40.7 Å². The predicted octanol–water partition coefficient (Wildman–Crippen LogP) is 2.66. The molecule has 2 rings (SSSR count). The summed E-state index contributed by atoms with van der Waals surface area (Å²) < 4.78 is 7.35. The number of morpholine rings is 1. The van der Waals surface area contributed by atoms with Crippen LogP contribution in [0, 0.1) is 0 Å². The van der Waals surface area contributed by atoms with Gasteiger partial charge in [-0.3, -0.25) is 9.69 Å². The molecule has 1 N–H and O–H groups in total. The molecule has 1 unspecified atom stereocenters. The quantitative estimate of drug-likeness (QED) is 0.837. The van der Waals surface area contributed by atoms with E-state index < -0.39 is 0 Å². The highest BCUT2D eigenvalue weighted by atomic mass is 79.9. The molecule has 110 valence electrons. The normalized spacial score (nSPS) is 19.9. The molecule has 1 amide bonds. The van der Waals surface area contributed by atoms with Crippen molar-refractivity contribution in [2.24, 2.45) is 0 Å². The van der Waals surface area contributed by atoms with Gasteiger partial charge in [-0.15, -0.1) is 0 Å². The SMILES string of the molecule is CCN1CCOC(CNC(=O)c2cc(Br)ccc2Br)C1. The minimum atomic E-state index is -0.0876. The maximum absolute atomic E-state index is 12.2. The van der Waals surface area contributed by atoms with Gasteiger partial charge >= 0.3 is 0 Å². The van der Waals surface area contributed by atoms with Crippen LogP contribution in [-0.2, 0) is 4.74 Å². The fourth-order valence-corrected chi connectivity index (χ4v) is 2.95. The van der Waals surface area contributed by atoms with Crippen molar-refractivity contribution in [1.82, 2.24) is 10.2 Å². The number of ether oxygens (including phenoxy) is 1. The van der Waals surface area contributed by atoms with Crippen molar-refractivity contribution in [3.05, 3.63) is 32.7 Å². The highest BCUT2D eigenvalue weighted by Gasteiger charge is 2.20. The van der Waals surface area contributed by atoms with Gasteiger partial charge in [0, 0.05) is 28.6 Å². The molecular formula is C14H18Br2N2O2. The fourth-order valence-electron chi connectivity index (χ4n) is 2.16. The second-order valence-corrected chi connectivity index (χ2v) is 6.49.